The predicted molar refractivity (Wildman–Crippen MR) is 57.7 cm³/mol. The Bertz CT molecular complexity index is 573. The van der Waals surface area contributed by atoms with Gasteiger partial charge in [-0.1, -0.05) is 0 Å². The summed E-state index contributed by atoms with van der Waals surface area (Å²) in [6.45, 7) is 0.812. The number of carboxylic acids is 1. The van der Waals surface area contributed by atoms with Gasteiger partial charge in [0.15, 0.2) is 5.69 Å². The molecule has 2 heterocycles. The minimum Gasteiger partial charge on any atom is -0.476 e. The first-order valence-electron chi connectivity index (χ1n) is 4.94. The van der Waals surface area contributed by atoms with Crippen LogP contribution < -0.4 is 5.56 Å². The van der Waals surface area contributed by atoms with Gasteiger partial charge < -0.3 is 9.67 Å². The van der Waals surface area contributed by atoms with Gasteiger partial charge in [-0.15, -0.1) is 0 Å². The summed E-state index contributed by atoms with van der Waals surface area (Å²) in [4.78, 5) is 26.0. The van der Waals surface area contributed by atoms with Crippen LogP contribution in [0.2, 0.25) is 0 Å². The Morgan fingerprint density at radius 2 is 2.18 bits per heavy atom. The molecule has 0 radical (unpaired) electrons. The molecule has 0 amide bonds. The minimum absolute atomic E-state index is 0.143. The van der Waals surface area contributed by atoms with Gasteiger partial charge in [0.05, 0.1) is 12.9 Å². The summed E-state index contributed by atoms with van der Waals surface area (Å²) in [5.74, 6) is -1.15. The maximum absolute atomic E-state index is 11.4. The summed E-state index contributed by atoms with van der Waals surface area (Å²) < 4.78 is 2.91. The summed E-state index contributed by atoms with van der Waals surface area (Å²) in [6.07, 6.45) is 5.00. The molecular weight excluding hydrogens is 224 g/mol. The van der Waals surface area contributed by atoms with Crippen molar-refractivity contribution in [1.29, 1.82) is 0 Å². The lowest BCUT2D eigenvalue weighted by Gasteiger charge is -2.05. The number of hydrogen-bond donors (Lipinski definition) is 1. The van der Waals surface area contributed by atoms with Gasteiger partial charge in [-0.2, -0.15) is 5.10 Å². The monoisotopic (exact) mass is 234 g/mol. The molecule has 1 N–H and O–H groups in total. The van der Waals surface area contributed by atoms with Crippen LogP contribution in [0.15, 0.2) is 35.6 Å². The van der Waals surface area contributed by atoms with Crippen molar-refractivity contribution in [1.82, 2.24) is 19.3 Å². The third kappa shape index (κ3) is 2.57. The van der Waals surface area contributed by atoms with Crippen molar-refractivity contribution < 1.29 is 9.90 Å². The van der Waals surface area contributed by atoms with E-state index in [1.54, 1.807) is 23.3 Å². The van der Waals surface area contributed by atoms with Crippen molar-refractivity contribution in [2.24, 2.45) is 0 Å². The smallest absolute Gasteiger partial charge is 0.356 e. The zero-order chi connectivity index (χ0) is 12.3. The van der Waals surface area contributed by atoms with E-state index in [0.29, 0.717) is 13.1 Å². The van der Waals surface area contributed by atoms with Crippen LogP contribution in [0.3, 0.4) is 0 Å². The number of nitrogens with zero attached hydrogens (tertiary/aromatic N) is 4. The highest BCUT2D eigenvalue weighted by molar-refractivity contribution is 5.84. The van der Waals surface area contributed by atoms with Gasteiger partial charge in [0.2, 0.25) is 0 Å². The Balaban J connectivity index is 2.17. The molecule has 0 bridgehead atoms. The van der Waals surface area contributed by atoms with Crippen LogP contribution in [-0.2, 0) is 13.1 Å². The van der Waals surface area contributed by atoms with E-state index in [9.17, 15) is 9.59 Å². The number of aryl methyl sites for hydroxylation is 2. The van der Waals surface area contributed by atoms with Crippen LogP contribution in [0.4, 0.5) is 0 Å². The minimum atomic E-state index is -1.15. The summed E-state index contributed by atoms with van der Waals surface area (Å²) in [5.41, 5.74) is -0.467. The number of hydrogen-bond acceptors (Lipinski definition) is 4. The van der Waals surface area contributed by atoms with Crippen molar-refractivity contribution in [2.45, 2.75) is 13.1 Å². The Morgan fingerprint density at radius 3 is 2.82 bits per heavy atom. The van der Waals surface area contributed by atoms with Crippen LogP contribution in [0.5, 0.6) is 0 Å². The fourth-order valence-corrected chi connectivity index (χ4v) is 1.35. The van der Waals surface area contributed by atoms with E-state index in [-0.39, 0.29) is 11.3 Å². The number of carboxylic acid groups (broad SMARTS) is 1. The molecule has 7 nitrogen and oxygen atoms in total. The second-order valence-electron chi connectivity index (χ2n) is 3.39. The lowest BCUT2D eigenvalue weighted by molar-refractivity contribution is 0.0687. The first-order chi connectivity index (χ1) is 8.16. The van der Waals surface area contributed by atoms with Gasteiger partial charge in [0, 0.05) is 25.0 Å². The van der Waals surface area contributed by atoms with Crippen molar-refractivity contribution in [2.75, 3.05) is 0 Å². The first kappa shape index (κ1) is 11.1. The topological polar surface area (TPSA) is 90.0 Å². The average molecular weight is 234 g/mol. The van der Waals surface area contributed by atoms with E-state index in [2.05, 4.69) is 10.1 Å². The van der Waals surface area contributed by atoms with Crippen LogP contribution in [-0.4, -0.2) is 30.4 Å². The highest BCUT2D eigenvalue weighted by Crippen LogP contribution is 1.92. The second kappa shape index (κ2) is 4.60. The van der Waals surface area contributed by atoms with Crippen molar-refractivity contribution in [3.8, 4) is 0 Å². The maximum atomic E-state index is 11.4. The lowest BCUT2D eigenvalue weighted by atomic mass is 10.4. The number of aromatic nitrogens is 4. The number of rotatable bonds is 4. The Kier molecular flexibility index (Phi) is 2.99. The molecule has 2 rings (SSSR count). The molecule has 17 heavy (non-hydrogen) atoms. The fourth-order valence-electron chi connectivity index (χ4n) is 1.35. The molecule has 7 heteroatoms. The number of carbonyl (C=O) groups is 1. The van der Waals surface area contributed by atoms with Gasteiger partial charge >= 0.3 is 5.97 Å². The molecule has 0 atom stereocenters. The van der Waals surface area contributed by atoms with Crippen LogP contribution in [0.1, 0.15) is 10.5 Å². The van der Waals surface area contributed by atoms with E-state index in [4.69, 9.17) is 5.11 Å². The van der Waals surface area contributed by atoms with Crippen molar-refractivity contribution in [3.05, 3.63) is 46.9 Å². The van der Waals surface area contributed by atoms with Gasteiger partial charge in [0.25, 0.3) is 5.56 Å². The number of aromatic carboxylic acids is 1. The molecule has 0 saturated carbocycles. The summed E-state index contributed by atoms with van der Waals surface area (Å²) in [7, 11) is 0. The standard InChI is InChI=1S/C10H10N4O3/c15-9-2-1-8(10(16)17)12-14(9)6-5-13-4-3-11-7-13/h1-4,7H,5-6H2,(H,16,17). The van der Waals surface area contributed by atoms with Crippen molar-refractivity contribution >= 4 is 5.97 Å². The van der Waals surface area contributed by atoms with E-state index in [1.807, 2.05) is 0 Å². The van der Waals surface area contributed by atoms with E-state index in [1.165, 1.54) is 12.1 Å². The second-order valence-corrected chi connectivity index (χ2v) is 3.39. The highest BCUT2D eigenvalue weighted by atomic mass is 16.4. The van der Waals surface area contributed by atoms with Crippen LogP contribution >= 0.6 is 0 Å². The maximum Gasteiger partial charge on any atom is 0.356 e. The summed E-state index contributed by atoms with van der Waals surface area (Å²) in [5, 5.41) is 12.5. The van der Waals surface area contributed by atoms with Crippen LogP contribution in [0, 0.1) is 0 Å². The quantitative estimate of drug-likeness (QED) is 0.793. The zero-order valence-corrected chi connectivity index (χ0v) is 8.85. The SMILES string of the molecule is O=C(O)c1ccc(=O)n(CCn2ccnc2)n1. The van der Waals surface area contributed by atoms with Gasteiger partial charge in [-0.25, -0.2) is 14.5 Å². The molecule has 0 aliphatic carbocycles. The third-order valence-electron chi connectivity index (χ3n) is 2.21. The molecule has 0 aliphatic heterocycles. The Hall–Kier alpha value is -2.44. The van der Waals surface area contributed by atoms with E-state index < -0.39 is 5.97 Å². The molecular formula is C10H10N4O3. The molecule has 2 aromatic heterocycles. The highest BCUT2D eigenvalue weighted by Gasteiger charge is 2.06. The molecule has 2 aromatic rings. The molecule has 0 saturated heterocycles. The van der Waals surface area contributed by atoms with E-state index >= 15 is 0 Å². The van der Waals surface area contributed by atoms with Gasteiger partial charge in [-0.3, -0.25) is 4.79 Å². The molecule has 0 aromatic carbocycles. The molecule has 88 valence electrons. The Morgan fingerprint density at radius 1 is 1.35 bits per heavy atom. The van der Waals surface area contributed by atoms with Gasteiger partial charge in [-0.05, 0) is 6.07 Å². The number of imidazole rings is 1. The first-order valence-corrected chi connectivity index (χ1v) is 4.94. The Labute approximate surface area is 96.0 Å². The lowest BCUT2D eigenvalue weighted by Crippen LogP contribution is -2.26. The van der Waals surface area contributed by atoms with Crippen LogP contribution in [0.25, 0.3) is 0 Å². The molecule has 0 unspecified atom stereocenters. The zero-order valence-electron chi connectivity index (χ0n) is 8.85. The summed E-state index contributed by atoms with van der Waals surface area (Å²) >= 11 is 0. The predicted octanol–water partition coefficient (Wildman–Crippen LogP) is -0.162. The third-order valence-corrected chi connectivity index (χ3v) is 2.21. The molecule has 0 spiro atoms. The fraction of sp³-hybridized carbons (Fsp3) is 0.200. The van der Waals surface area contributed by atoms with Crippen molar-refractivity contribution in [3.63, 3.8) is 0 Å². The molecule has 0 aliphatic rings. The molecule has 0 fully saturated rings. The van der Waals surface area contributed by atoms with E-state index in [0.717, 1.165) is 4.68 Å². The summed E-state index contributed by atoms with van der Waals surface area (Å²) in [6, 6.07) is 2.39. The van der Waals surface area contributed by atoms with Gasteiger partial charge in [0.1, 0.15) is 0 Å². The largest absolute Gasteiger partial charge is 0.476 e. The average Bonchev–Trinajstić information content (AvgIpc) is 2.80. The normalized spacial score (nSPS) is 10.4.